The number of methoxy groups -OCH3 is 1. The van der Waals surface area contributed by atoms with Crippen molar-refractivity contribution in [2.24, 2.45) is 5.92 Å². The van der Waals surface area contributed by atoms with Crippen LogP contribution in [0.3, 0.4) is 0 Å². The lowest BCUT2D eigenvalue weighted by molar-refractivity contribution is -0.120. The maximum absolute atomic E-state index is 12.9. The minimum absolute atomic E-state index is 0.182. The lowest BCUT2D eigenvalue weighted by atomic mass is 9.97. The van der Waals surface area contributed by atoms with Gasteiger partial charge in [0.1, 0.15) is 0 Å². The van der Waals surface area contributed by atoms with E-state index in [2.05, 4.69) is 5.32 Å². The predicted molar refractivity (Wildman–Crippen MR) is 116 cm³/mol. The van der Waals surface area contributed by atoms with Crippen LogP contribution in [0.4, 0.5) is 5.69 Å². The van der Waals surface area contributed by atoms with Gasteiger partial charge in [-0.15, -0.1) is 11.8 Å². The molecular formula is C21H24N2O5S2. The highest BCUT2D eigenvalue weighted by Crippen LogP contribution is 2.26. The molecule has 1 N–H and O–H groups in total. The molecule has 1 amide bonds. The Hall–Kier alpha value is -2.36. The molecule has 0 saturated carbocycles. The lowest BCUT2D eigenvalue weighted by Crippen LogP contribution is -2.41. The van der Waals surface area contributed by atoms with Crippen LogP contribution in [0.1, 0.15) is 23.2 Å². The molecule has 0 spiro atoms. The minimum atomic E-state index is -3.57. The minimum Gasteiger partial charge on any atom is -0.465 e. The van der Waals surface area contributed by atoms with Crippen molar-refractivity contribution in [2.75, 3.05) is 31.8 Å². The number of carbonyl (C=O) groups excluding carboxylic acids is 2. The molecule has 2 aromatic carbocycles. The van der Waals surface area contributed by atoms with Gasteiger partial charge < -0.3 is 10.1 Å². The summed E-state index contributed by atoms with van der Waals surface area (Å²) in [4.78, 5) is 25.5. The highest BCUT2D eigenvalue weighted by Gasteiger charge is 2.32. The van der Waals surface area contributed by atoms with E-state index in [1.54, 1.807) is 60.3 Å². The van der Waals surface area contributed by atoms with E-state index in [1.165, 1.54) is 11.4 Å². The van der Waals surface area contributed by atoms with Crippen LogP contribution in [0, 0.1) is 5.92 Å². The predicted octanol–water partition coefficient (Wildman–Crippen LogP) is 3.23. The SMILES string of the molecule is COC(=O)c1cccc(NC(=O)C2CCN(S(=O)(=O)c3ccc(SC)cc3)CC2)c1. The fourth-order valence-electron chi connectivity index (χ4n) is 3.34. The number of carbonyl (C=O) groups is 2. The van der Waals surface area contributed by atoms with Crippen LogP contribution in [0.5, 0.6) is 0 Å². The number of ether oxygens (including phenoxy) is 1. The molecule has 9 heteroatoms. The third-order valence-corrected chi connectivity index (χ3v) is 7.73. The number of anilines is 1. The van der Waals surface area contributed by atoms with Gasteiger partial charge in [-0.1, -0.05) is 6.07 Å². The number of esters is 1. The van der Waals surface area contributed by atoms with E-state index in [0.29, 0.717) is 24.1 Å². The van der Waals surface area contributed by atoms with Crippen molar-refractivity contribution < 1.29 is 22.7 Å². The number of hydrogen-bond acceptors (Lipinski definition) is 6. The van der Waals surface area contributed by atoms with Gasteiger partial charge in [-0.25, -0.2) is 13.2 Å². The number of hydrogen-bond donors (Lipinski definition) is 1. The third-order valence-electron chi connectivity index (χ3n) is 5.07. The molecule has 7 nitrogen and oxygen atoms in total. The van der Waals surface area contributed by atoms with Crippen LogP contribution in [0.15, 0.2) is 58.3 Å². The number of rotatable bonds is 6. The fourth-order valence-corrected chi connectivity index (χ4v) is 5.22. The summed E-state index contributed by atoms with van der Waals surface area (Å²) >= 11 is 1.55. The molecule has 2 aromatic rings. The first kappa shape index (κ1) is 22.3. The Morgan fingerprint density at radius 2 is 1.77 bits per heavy atom. The topological polar surface area (TPSA) is 92.8 Å². The van der Waals surface area contributed by atoms with E-state index in [4.69, 9.17) is 4.74 Å². The number of nitrogens with zero attached hydrogens (tertiary/aromatic N) is 1. The van der Waals surface area contributed by atoms with Gasteiger partial charge in [0.15, 0.2) is 0 Å². The van der Waals surface area contributed by atoms with E-state index in [1.807, 2.05) is 6.26 Å². The molecule has 160 valence electrons. The largest absolute Gasteiger partial charge is 0.465 e. The van der Waals surface area contributed by atoms with E-state index in [9.17, 15) is 18.0 Å². The van der Waals surface area contributed by atoms with Gasteiger partial charge in [-0.3, -0.25) is 4.79 Å². The number of benzene rings is 2. The highest BCUT2D eigenvalue weighted by atomic mass is 32.2. The molecular weight excluding hydrogens is 424 g/mol. The van der Waals surface area contributed by atoms with Crippen molar-refractivity contribution in [3.63, 3.8) is 0 Å². The Morgan fingerprint density at radius 1 is 1.10 bits per heavy atom. The second kappa shape index (κ2) is 9.63. The molecule has 0 atom stereocenters. The van der Waals surface area contributed by atoms with E-state index >= 15 is 0 Å². The van der Waals surface area contributed by atoms with E-state index in [0.717, 1.165) is 4.90 Å². The van der Waals surface area contributed by atoms with Gasteiger partial charge in [0.25, 0.3) is 0 Å². The van der Waals surface area contributed by atoms with Crippen molar-refractivity contribution in [2.45, 2.75) is 22.6 Å². The Balaban J connectivity index is 1.60. The molecule has 3 rings (SSSR count). The average molecular weight is 449 g/mol. The number of thioether (sulfide) groups is 1. The molecule has 1 aliphatic heterocycles. The zero-order valence-electron chi connectivity index (χ0n) is 16.8. The van der Waals surface area contributed by atoms with Gasteiger partial charge in [-0.2, -0.15) is 4.31 Å². The van der Waals surface area contributed by atoms with Crippen molar-refractivity contribution in [3.8, 4) is 0 Å². The Kier molecular flexibility index (Phi) is 7.17. The summed E-state index contributed by atoms with van der Waals surface area (Å²) in [5.74, 6) is -0.953. The molecule has 1 aliphatic rings. The van der Waals surface area contributed by atoms with Crippen LogP contribution in [-0.2, 0) is 19.6 Å². The van der Waals surface area contributed by atoms with Gasteiger partial charge >= 0.3 is 5.97 Å². The van der Waals surface area contributed by atoms with Crippen LogP contribution in [-0.4, -0.2) is 51.1 Å². The molecule has 0 radical (unpaired) electrons. The zero-order chi connectivity index (χ0) is 21.7. The second-order valence-corrected chi connectivity index (χ2v) is 9.73. The Labute approximate surface area is 180 Å². The fraction of sp³-hybridized carbons (Fsp3) is 0.333. The zero-order valence-corrected chi connectivity index (χ0v) is 18.5. The first-order valence-corrected chi connectivity index (χ1v) is 12.1. The van der Waals surface area contributed by atoms with Gasteiger partial charge in [0.05, 0.1) is 17.6 Å². The summed E-state index contributed by atoms with van der Waals surface area (Å²) in [6, 6.07) is 13.3. The molecule has 1 saturated heterocycles. The summed E-state index contributed by atoms with van der Waals surface area (Å²) < 4.78 is 31.8. The molecule has 0 bridgehead atoms. The van der Waals surface area contributed by atoms with Crippen molar-refractivity contribution in [1.82, 2.24) is 4.31 Å². The first-order chi connectivity index (χ1) is 14.3. The molecule has 30 heavy (non-hydrogen) atoms. The smallest absolute Gasteiger partial charge is 0.337 e. The normalized spacial score (nSPS) is 15.5. The van der Waals surface area contributed by atoms with Crippen molar-refractivity contribution in [3.05, 3.63) is 54.1 Å². The molecule has 0 unspecified atom stereocenters. The molecule has 1 heterocycles. The second-order valence-electron chi connectivity index (χ2n) is 6.92. The third kappa shape index (κ3) is 5.03. The van der Waals surface area contributed by atoms with Crippen LogP contribution < -0.4 is 5.32 Å². The number of piperidine rings is 1. The maximum Gasteiger partial charge on any atom is 0.337 e. The van der Waals surface area contributed by atoms with Crippen molar-refractivity contribution in [1.29, 1.82) is 0 Å². The van der Waals surface area contributed by atoms with Gasteiger partial charge in [0, 0.05) is 29.6 Å². The first-order valence-electron chi connectivity index (χ1n) is 9.48. The Morgan fingerprint density at radius 3 is 2.37 bits per heavy atom. The highest BCUT2D eigenvalue weighted by molar-refractivity contribution is 7.98. The van der Waals surface area contributed by atoms with E-state index < -0.39 is 16.0 Å². The van der Waals surface area contributed by atoms with Crippen LogP contribution >= 0.6 is 11.8 Å². The monoisotopic (exact) mass is 448 g/mol. The quantitative estimate of drug-likeness (QED) is 0.539. The lowest BCUT2D eigenvalue weighted by Gasteiger charge is -2.30. The van der Waals surface area contributed by atoms with Crippen LogP contribution in [0.2, 0.25) is 0 Å². The standard InChI is InChI=1S/C21H24N2O5S2/c1-28-21(25)16-4-3-5-17(14-16)22-20(24)15-10-12-23(13-11-15)30(26,27)19-8-6-18(29-2)7-9-19/h3-9,14-15H,10-13H2,1-2H3,(H,22,24). The number of nitrogens with one attached hydrogen (secondary N) is 1. The molecule has 0 aliphatic carbocycles. The average Bonchev–Trinajstić information content (AvgIpc) is 2.78. The summed E-state index contributed by atoms with van der Waals surface area (Å²) in [6.07, 6.45) is 2.81. The van der Waals surface area contributed by atoms with Crippen LogP contribution in [0.25, 0.3) is 0 Å². The summed E-state index contributed by atoms with van der Waals surface area (Å²) in [5, 5.41) is 2.81. The summed E-state index contributed by atoms with van der Waals surface area (Å²) in [6.45, 7) is 0.569. The molecule has 1 fully saturated rings. The van der Waals surface area contributed by atoms with Crippen molar-refractivity contribution >= 4 is 39.3 Å². The maximum atomic E-state index is 12.9. The summed E-state index contributed by atoms with van der Waals surface area (Å²) in [7, 11) is -2.27. The molecule has 0 aromatic heterocycles. The number of sulfonamides is 1. The van der Waals surface area contributed by atoms with E-state index in [-0.39, 0.29) is 29.8 Å². The van der Waals surface area contributed by atoms with Gasteiger partial charge in [-0.05, 0) is 61.6 Å². The Bertz CT molecular complexity index is 1010. The van der Waals surface area contributed by atoms with Gasteiger partial charge in [0.2, 0.25) is 15.9 Å². The summed E-state index contributed by atoms with van der Waals surface area (Å²) in [5.41, 5.74) is 0.857. The number of amides is 1.